The average molecular weight is 361 g/mol. The first kappa shape index (κ1) is 16.9. The minimum atomic E-state index is 0.553. The zero-order chi connectivity index (χ0) is 17.3. The molecule has 1 aromatic carbocycles. The number of fused-ring (bicyclic) bond motifs is 1. The molecule has 0 aliphatic carbocycles. The number of imidazole rings is 1. The van der Waals surface area contributed by atoms with E-state index in [9.17, 15) is 0 Å². The van der Waals surface area contributed by atoms with Crippen molar-refractivity contribution in [3.63, 3.8) is 0 Å². The number of rotatable bonds is 4. The van der Waals surface area contributed by atoms with E-state index in [1.807, 2.05) is 13.0 Å². The van der Waals surface area contributed by atoms with Gasteiger partial charge in [-0.15, -0.1) is 0 Å². The molecule has 0 fully saturated rings. The fourth-order valence-corrected chi connectivity index (χ4v) is 3.34. The van der Waals surface area contributed by atoms with Crippen LogP contribution < -0.4 is 0 Å². The highest BCUT2D eigenvalue weighted by atomic mass is 35.5. The third-order valence-corrected chi connectivity index (χ3v) is 4.55. The van der Waals surface area contributed by atoms with E-state index in [2.05, 4.69) is 34.5 Å². The number of hydrogen-bond acceptors (Lipinski definition) is 3. The number of hydrogen-bond donors (Lipinski definition) is 0. The number of allylic oxidation sites excluding steroid dienone is 2. The molecule has 0 bridgehead atoms. The van der Waals surface area contributed by atoms with Gasteiger partial charge in [-0.3, -0.25) is 4.57 Å². The Morgan fingerprint density at radius 2 is 2.00 bits per heavy atom. The van der Waals surface area contributed by atoms with Crippen LogP contribution in [0.25, 0.3) is 28.1 Å². The van der Waals surface area contributed by atoms with Crippen molar-refractivity contribution in [2.45, 2.75) is 33.6 Å². The van der Waals surface area contributed by atoms with Gasteiger partial charge in [-0.2, -0.15) is 0 Å². The van der Waals surface area contributed by atoms with Gasteiger partial charge >= 0.3 is 0 Å². The molecular formula is C18H18Cl2N4. The summed E-state index contributed by atoms with van der Waals surface area (Å²) >= 11 is 12.4. The molecule has 0 aliphatic rings. The molecule has 2 heterocycles. The van der Waals surface area contributed by atoms with Gasteiger partial charge in [0.2, 0.25) is 0 Å². The topological polar surface area (TPSA) is 43.6 Å². The largest absolute Gasteiger partial charge is 0.285 e. The Bertz CT molecular complexity index is 928. The Labute approximate surface area is 151 Å². The van der Waals surface area contributed by atoms with E-state index in [-0.39, 0.29) is 0 Å². The lowest BCUT2D eigenvalue weighted by atomic mass is 10.1. The summed E-state index contributed by atoms with van der Waals surface area (Å²) in [6.07, 6.45) is 5.36. The highest BCUT2D eigenvalue weighted by Crippen LogP contribution is 2.33. The fourth-order valence-electron chi connectivity index (χ4n) is 2.85. The van der Waals surface area contributed by atoms with E-state index in [0.29, 0.717) is 10.0 Å². The van der Waals surface area contributed by atoms with Crippen LogP contribution in [0.5, 0.6) is 0 Å². The monoisotopic (exact) mass is 360 g/mol. The summed E-state index contributed by atoms with van der Waals surface area (Å²) in [6, 6.07) is 5.39. The molecule has 0 unspecified atom stereocenters. The summed E-state index contributed by atoms with van der Waals surface area (Å²) in [5.41, 5.74) is 4.26. The maximum absolute atomic E-state index is 6.37. The maximum Gasteiger partial charge on any atom is 0.168 e. The Morgan fingerprint density at radius 3 is 2.62 bits per heavy atom. The lowest BCUT2D eigenvalue weighted by Gasteiger charge is -2.10. The second kappa shape index (κ2) is 6.91. The Balaban J connectivity index is 2.33. The summed E-state index contributed by atoms with van der Waals surface area (Å²) in [6.45, 7) is 6.24. The maximum atomic E-state index is 6.37. The van der Waals surface area contributed by atoms with Crippen molar-refractivity contribution in [3.05, 3.63) is 46.5 Å². The minimum Gasteiger partial charge on any atom is -0.285 e. The predicted molar refractivity (Wildman–Crippen MR) is 100 cm³/mol. The summed E-state index contributed by atoms with van der Waals surface area (Å²) in [4.78, 5) is 13.7. The molecule has 0 atom stereocenters. The van der Waals surface area contributed by atoms with Crippen LogP contribution in [0, 0.1) is 0 Å². The summed E-state index contributed by atoms with van der Waals surface area (Å²) in [5, 5.41) is 1.15. The van der Waals surface area contributed by atoms with E-state index < -0.39 is 0 Å². The van der Waals surface area contributed by atoms with Crippen molar-refractivity contribution < 1.29 is 0 Å². The molecule has 0 N–H and O–H groups in total. The van der Waals surface area contributed by atoms with Crippen molar-refractivity contribution in [2.75, 3.05) is 0 Å². The first-order valence-electron chi connectivity index (χ1n) is 7.93. The van der Waals surface area contributed by atoms with Gasteiger partial charge in [0.25, 0.3) is 0 Å². The molecule has 0 radical (unpaired) electrons. The Morgan fingerprint density at radius 1 is 1.21 bits per heavy atom. The smallest absolute Gasteiger partial charge is 0.168 e. The zero-order valence-electron chi connectivity index (χ0n) is 13.8. The third kappa shape index (κ3) is 2.80. The number of benzene rings is 1. The van der Waals surface area contributed by atoms with E-state index in [0.717, 1.165) is 41.1 Å². The molecule has 2 aromatic heterocycles. The van der Waals surface area contributed by atoms with Crippen LogP contribution in [0.15, 0.2) is 30.6 Å². The van der Waals surface area contributed by atoms with E-state index in [1.165, 1.54) is 5.70 Å². The first-order chi connectivity index (χ1) is 11.6. The number of aryl methyl sites for hydroxylation is 1. The summed E-state index contributed by atoms with van der Waals surface area (Å²) < 4.78 is 2.12. The van der Waals surface area contributed by atoms with Crippen LogP contribution in [-0.4, -0.2) is 19.5 Å². The fraction of sp³-hybridized carbons (Fsp3) is 0.278. The molecule has 24 heavy (non-hydrogen) atoms. The normalized spacial score (nSPS) is 12.1. The van der Waals surface area contributed by atoms with E-state index in [4.69, 9.17) is 28.2 Å². The second-order valence-corrected chi connectivity index (χ2v) is 6.21. The molecule has 3 aromatic rings. The molecule has 6 heteroatoms. The van der Waals surface area contributed by atoms with E-state index >= 15 is 0 Å². The third-order valence-electron chi connectivity index (χ3n) is 4.00. The Kier molecular flexibility index (Phi) is 4.88. The lowest BCUT2D eigenvalue weighted by Crippen LogP contribution is -2.02. The molecule has 0 aliphatic heterocycles. The van der Waals surface area contributed by atoms with Crippen LogP contribution in [0.2, 0.25) is 10.0 Å². The first-order valence-corrected chi connectivity index (χ1v) is 8.69. The summed E-state index contributed by atoms with van der Waals surface area (Å²) in [5.74, 6) is 0.965. The molecule has 0 spiro atoms. The predicted octanol–water partition coefficient (Wildman–Crippen LogP) is 5.63. The lowest BCUT2D eigenvalue weighted by molar-refractivity contribution is 0.887. The van der Waals surface area contributed by atoms with Crippen LogP contribution in [0.4, 0.5) is 0 Å². The van der Waals surface area contributed by atoms with Gasteiger partial charge in [-0.05, 0) is 31.5 Å². The highest BCUT2D eigenvalue weighted by Gasteiger charge is 2.18. The minimum absolute atomic E-state index is 0.553. The van der Waals surface area contributed by atoms with Crippen molar-refractivity contribution in [1.29, 1.82) is 0 Å². The van der Waals surface area contributed by atoms with Gasteiger partial charge in [0, 0.05) is 22.7 Å². The average Bonchev–Trinajstić information content (AvgIpc) is 2.95. The zero-order valence-corrected chi connectivity index (χ0v) is 15.4. The van der Waals surface area contributed by atoms with Crippen LogP contribution in [0.1, 0.15) is 33.0 Å². The van der Waals surface area contributed by atoms with Gasteiger partial charge < -0.3 is 0 Å². The Hall–Kier alpha value is -1.91. The second-order valence-electron chi connectivity index (χ2n) is 5.37. The van der Waals surface area contributed by atoms with Gasteiger partial charge in [0.15, 0.2) is 5.65 Å². The number of aromatic nitrogens is 4. The molecule has 124 valence electrons. The highest BCUT2D eigenvalue weighted by molar-refractivity contribution is 6.36. The van der Waals surface area contributed by atoms with Crippen LogP contribution in [0.3, 0.4) is 0 Å². The van der Waals surface area contributed by atoms with Crippen LogP contribution >= 0.6 is 23.2 Å². The standard InChI is InChI=1S/C18H18Cl2N4/c1-4-12(5-2)24-15(6-3)23-17-16(21-10-22-18(17)24)13-8-7-11(19)9-14(13)20/h4,7-10H,5-6H2,1-3H3. The van der Waals surface area contributed by atoms with Crippen molar-refractivity contribution in [3.8, 4) is 11.3 Å². The van der Waals surface area contributed by atoms with Gasteiger partial charge in [-0.25, -0.2) is 15.0 Å². The molecule has 0 saturated heterocycles. The van der Waals surface area contributed by atoms with Crippen LogP contribution in [-0.2, 0) is 6.42 Å². The summed E-state index contributed by atoms with van der Waals surface area (Å²) in [7, 11) is 0. The van der Waals surface area contributed by atoms with Crippen molar-refractivity contribution in [1.82, 2.24) is 19.5 Å². The van der Waals surface area contributed by atoms with Gasteiger partial charge in [0.1, 0.15) is 23.4 Å². The van der Waals surface area contributed by atoms with Crippen molar-refractivity contribution >= 4 is 40.1 Å². The molecular weight excluding hydrogens is 343 g/mol. The number of nitrogens with zero attached hydrogens (tertiary/aromatic N) is 4. The molecule has 4 nitrogen and oxygen atoms in total. The van der Waals surface area contributed by atoms with Crippen molar-refractivity contribution in [2.24, 2.45) is 0 Å². The van der Waals surface area contributed by atoms with E-state index in [1.54, 1.807) is 18.5 Å². The quantitative estimate of drug-likeness (QED) is 0.605. The molecule has 0 saturated carbocycles. The van der Waals surface area contributed by atoms with Gasteiger partial charge in [-0.1, -0.05) is 43.1 Å². The molecule has 3 rings (SSSR count). The SMILES string of the molecule is CC=C(CC)n1c(CC)nc2c(-c3ccc(Cl)cc3Cl)ncnc21. The number of halogens is 2. The molecule has 0 amide bonds. The van der Waals surface area contributed by atoms with Gasteiger partial charge in [0.05, 0.1) is 5.02 Å².